The molecule has 0 unspecified atom stereocenters. The van der Waals surface area contributed by atoms with E-state index in [4.69, 9.17) is 9.72 Å². The Morgan fingerprint density at radius 3 is 2.51 bits per heavy atom. The van der Waals surface area contributed by atoms with Crippen molar-refractivity contribution in [2.45, 2.75) is 71.8 Å². The van der Waals surface area contributed by atoms with Gasteiger partial charge in [-0.15, -0.1) is 0 Å². The fourth-order valence-electron chi connectivity index (χ4n) is 5.89. The number of rotatable bonds is 5. The molecular weight excluding hydrogens is 528 g/mol. The van der Waals surface area contributed by atoms with Gasteiger partial charge in [0.15, 0.2) is 5.65 Å². The van der Waals surface area contributed by atoms with Gasteiger partial charge in [-0.1, -0.05) is 12.1 Å². The molecule has 11 heteroatoms. The van der Waals surface area contributed by atoms with Crippen molar-refractivity contribution in [3.8, 4) is 11.4 Å². The van der Waals surface area contributed by atoms with E-state index < -0.39 is 11.4 Å². The smallest absolute Gasteiger partial charge is 0.410 e. The van der Waals surface area contributed by atoms with Crippen LogP contribution in [0.15, 0.2) is 36.7 Å². The highest BCUT2D eigenvalue weighted by molar-refractivity contribution is 5.79. The third kappa shape index (κ3) is 5.38. The Hall–Kier alpha value is -3.99. The molecule has 2 saturated heterocycles. The van der Waals surface area contributed by atoms with Crippen LogP contribution in [0.4, 0.5) is 13.6 Å². The van der Waals surface area contributed by atoms with Gasteiger partial charge in [0.1, 0.15) is 34.4 Å². The second-order valence-electron chi connectivity index (χ2n) is 12.0. The van der Waals surface area contributed by atoms with Gasteiger partial charge in [0.25, 0.3) is 0 Å². The van der Waals surface area contributed by atoms with E-state index in [0.717, 1.165) is 24.7 Å². The molecule has 2 fully saturated rings. The number of halogens is 2. The number of ether oxygens (including phenoxy) is 1. The third-order valence-electron chi connectivity index (χ3n) is 7.66. The van der Waals surface area contributed by atoms with E-state index in [-0.39, 0.29) is 30.5 Å². The van der Waals surface area contributed by atoms with Crippen LogP contribution >= 0.6 is 0 Å². The quantitative estimate of drug-likeness (QED) is 0.338. The van der Waals surface area contributed by atoms with Gasteiger partial charge in [-0.05, 0) is 58.7 Å². The highest BCUT2D eigenvalue weighted by Crippen LogP contribution is 2.33. The topological polar surface area (TPSA) is 89.3 Å². The first-order valence-corrected chi connectivity index (χ1v) is 13.8. The molecule has 0 spiro atoms. The highest BCUT2D eigenvalue weighted by Gasteiger charge is 2.46. The number of imidazole rings is 1. The van der Waals surface area contributed by atoms with Crippen molar-refractivity contribution >= 4 is 17.3 Å². The second kappa shape index (κ2) is 10.1. The van der Waals surface area contributed by atoms with Gasteiger partial charge in [-0.3, -0.25) is 9.88 Å². The molecule has 0 aliphatic carbocycles. The van der Waals surface area contributed by atoms with Crippen LogP contribution in [-0.4, -0.2) is 71.2 Å². The van der Waals surface area contributed by atoms with Gasteiger partial charge >= 0.3 is 6.09 Å². The zero-order valence-corrected chi connectivity index (χ0v) is 23.9. The van der Waals surface area contributed by atoms with Crippen molar-refractivity contribution in [2.75, 3.05) is 13.1 Å². The zero-order chi connectivity index (χ0) is 29.1. The summed E-state index contributed by atoms with van der Waals surface area (Å²) >= 11 is 0. The lowest BCUT2D eigenvalue weighted by Gasteiger charge is -2.35. The zero-order valence-electron chi connectivity index (χ0n) is 23.9. The number of amides is 1. The van der Waals surface area contributed by atoms with Crippen LogP contribution in [0, 0.1) is 25.5 Å². The van der Waals surface area contributed by atoms with Gasteiger partial charge < -0.3 is 14.2 Å². The van der Waals surface area contributed by atoms with Crippen molar-refractivity contribution in [1.82, 2.24) is 34.3 Å². The Balaban J connectivity index is 1.22. The van der Waals surface area contributed by atoms with E-state index in [1.165, 1.54) is 12.3 Å². The molecule has 4 aromatic rings. The lowest BCUT2D eigenvalue weighted by Crippen LogP contribution is -2.49. The summed E-state index contributed by atoms with van der Waals surface area (Å²) in [6.45, 7) is 11.3. The van der Waals surface area contributed by atoms with E-state index in [2.05, 4.69) is 19.9 Å². The molecule has 2 atom stereocenters. The number of nitrogens with zero attached hydrogens (tertiary/aromatic N) is 7. The van der Waals surface area contributed by atoms with Crippen molar-refractivity contribution in [3.63, 3.8) is 0 Å². The van der Waals surface area contributed by atoms with Crippen molar-refractivity contribution in [3.05, 3.63) is 70.9 Å². The van der Waals surface area contributed by atoms with Crippen molar-refractivity contribution in [2.24, 2.45) is 0 Å². The summed E-state index contributed by atoms with van der Waals surface area (Å²) in [7, 11) is 0. The molecule has 6 rings (SSSR count). The first-order valence-electron chi connectivity index (χ1n) is 13.8. The Kier molecular flexibility index (Phi) is 6.72. The number of benzene rings is 1. The first-order chi connectivity index (χ1) is 19.4. The summed E-state index contributed by atoms with van der Waals surface area (Å²) < 4.78 is 37.0. The molecule has 0 saturated carbocycles. The van der Waals surface area contributed by atoms with Crippen LogP contribution in [0.5, 0.6) is 0 Å². The maximum absolute atomic E-state index is 15.6. The Morgan fingerprint density at radius 2 is 1.83 bits per heavy atom. The summed E-state index contributed by atoms with van der Waals surface area (Å²) in [6, 6.07) is 6.98. The van der Waals surface area contributed by atoms with Gasteiger partial charge in [0.2, 0.25) is 0 Å². The fraction of sp³-hybridized carbons (Fsp3) is 0.433. The molecule has 0 radical (unpaired) electrons. The highest BCUT2D eigenvalue weighted by atomic mass is 19.1. The van der Waals surface area contributed by atoms with Crippen LogP contribution < -0.4 is 0 Å². The predicted octanol–water partition coefficient (Wildman–Crippen LogP) is 5.03. The number of pyridine rings is 1. The number of aromatic nitrogens is 5. The van der Waals surface area contributed by atoms with Crippen LogP contribution in [0.25, 0.3) is 22.6 Å². The number of likely N-dealkylation sites (tertiary alicyclic amines) is 2. The van der Waals surface area contributed by atoms with Gasteiger partial charge in [-0.2, -0.15) is 0 Å². The summed E-state index contributed by atoms with van der Waals surface area (Å²) in [5.41, 5.74) is 3.10. The Morgan fingerprint density at radius 1 is 1.02 bits per heavy atom. The number of hydrogen-bond acceptors (Lipinski definition) is 7. The van der Waals surface area contributed by atoms with Crippen molar-refractivity contribution < 1.29 is 18.3 Å². The first kappa shape index (κ1) is 27.2. The van der Waals surface area contributed by atoms with Crippen LogP contribution in [0.1, 0.15) is 49.8 Å². The van der Waals surface area contributed by atoms with Crippen LogP contribution in [0.2, 0.25) is 0 Å². The van der Waals surface area contributed by atoms with E-state index >= 15 is 4.39 Å². The molecule has 41 heavy (non-hydrogen) atoms. The number of carbonyl (C=O) groups excluding carboxylic acids is 1. The maximum atomic E-state index is 15.6. The van der Waals surface area contributed by atoms with E-state index in [1.54, 1.807) is 23.6 Å². The summed E-state index contributed by atoms with van der Waals surface area (Å²) in [4.78, 5) is 34.4. The average molecular weight is 562 g/mol. The van der Waals surface area contributed by atoms with Gasteiger partial charge in [0, 0.05) is 49.0 Å². The largest absolute Gasteiger partial charge is 0.444 e. The SMILES string of the molecule is Cc1nc(C)c2nc(-c3cncc(F)c3)n(Cc3ccc(CN4C[C@@H]5C[C@H]4CN5C(=O)OC(C)(C)C)cc3F)c2n1. The minimum Gasteiger partial charge on any atom is -0.444 e. The minimum absolute atomic E-state index is 0.109. The molecule has 2 aliphatic rings. The fourth-order valence-corrected chi connectivity index (χ4v) is 5.89. The molecule has 2 bridgehead atoms. The van der Waals surface area contributed by atoms with Gasteiger partial charge in [-0.25, -0.2) is 28.5 Å². The molecule has 214 valence electrons. The second-order valence-corrected chi connectivity index (χ2v) is 12.0. The van der Waals surface area contributed by atoms with Crippen molar-refractivity contribution in [1.29, 1.82) is 0 Å². The number of carbonyl (C=O) groups is 1. The van der Waals surface area contributed by atoms with E-state index in [0.29, 0.717) is 52.7 Å². The lowest BCUT2D eigenvalue weighted by molar-refractivity contribution is 0.0124. The van der Waals surface area contributed by atoms with E-state index in [9.17, 15) is 9.18 Å². The Labute approximate surface area is 237 Å². The normalized spacial score (nSPS) is 19.0. The molecular formula is C30H33F2N7O2. The lowest BCUT2D eigenvalue weighted by atomic mass is 10.1. The van der Waals surface area contributed by atoms with Crippen LogP contribution in [-0.2, 0) is 17.8 Å². The monoisotopic (exact) mass is 561 g/mol. The molecule has 5 heterocycles. The molecule has 3 aromatic heterocycles. The maximum Gasteiger partial charge on any atom is 0.410 e. The summed E-state index contributed by atoms with van der Waals surface area (Å²) in [6.07, 6.45) is 3.29. The molecule has 0 N–H and O–H groups in total. The van der Waals surface area contributed by atoms with Gasteiger partial charge in [0.05, 0.1) is 18.4 Å². The number of aryl methyl sites for hydroxylation is 2. The Bertz CT molecular complexity index is 1650. The molecule has 1 amide bonds. The molecule has 1 aromatic carbocycles. The number of piperazine rings is 1. The summed E-state index contributed by atoms with van der Waals surface area (Å²) in [5, 5.41) is 0. The standard InChI is InChI=1S/C30H33F2N7O2/c1-17-26-28(35-18(2)34-17)39(27(36-26)21-9-22(31)12-33-11-21)14-20-7-6-19(8-25(20)32)13-37-15-24-10-23(37)16-38(24)29(40)41-30(3,4)5/h6-9,11-12,23-24H,10,13-16H2,1-5H3/t23-,24-/m0/s1. The average Bonchev–Trinajstić information content (AvgIpc) is 3.58. The predicted molar refractivity (Wildman–Crippen MR) is 149 cm³/mol. The summed E-state index contributed by atoms with van der Waals surface area (Å²) in [5.74, 6) is 0.192. The van der Waals surface area contributed by atoms with Crippen LogP contribution in [0.3, 0.4) is 0 Å². The minimum atomic E-state index is -0.527. The third-order valence-corrected chi connectivity index (χ3v) is 7.66. The number of hydrogen-bond donors (Lipinski definition) is 0. The molecule has 9 nitrogen and oxygen atoms in total. The van der Waals surface area contributed by atoms with E-state index in [1.807, 2.05) is 38.7 Å². The molecule has 2 aliphatic heterocycles. The number of fused-ring (bicyclic) bond motifs is 3.